The van der Waals surface area contributed by atoms with Gasteiger partial charge in [0.1, 0.15) is 4.90 Å². The molecule has 0 atom stereocenters. The first-order valence-electron chi connectivity index (χ1n) is 10.4. The third-order valence-electron chi connectivity index (χ3n) is 5.91. The Morgan fingerprint density at radius 3 is 2.40 bits per heavy atom. The van der Waals surface area contributed by atoms with Gasteiger partial charge in [-0.05, 0) is 50.9 Å². The summed E-state index contributed by atoms with van der Waals surface area (Å²) in [6, 6.07) is 3.61. The van der Waals surface area contributed by atoms with Crippen molar-refractivity contribution in [2.45, 2.75) is 36.5 Å². The topological polar surface area (TPSA) is 96.4 Å². The minimum Gasteiger partial charge on any atom is -0.342 e. The normalized spacial score (nSPS) is 18.6. The quantitative estimate of drug-likeness (QED) is 0.714. The molecule has 2 aliphatic heterocycles. The summed E-state index contributed by atoms with van der Waals surface area (Å²) >= 11 is 0. The summed E-state index contributed by atoms with van der Waals surface area (Å²) < 4.78 is 24.7. The van der Waals surface area contributed by atoms with Crippen LogP contribution >= 0.6 is 0 Å². The fourth-order valence-corrected chi connectivity index (χ4v) is 5.07. The number of hydrogen-bond acceptors (Lipinski definition) is 7. The van der Waals surface area contributed by atoms with Crippen molar-refractivity contribution in [2.24, 2.45) is 0 Å². The molecule has 0 aliphatic carbocycles. The van der Waals surface area contributed by atoms with Crippen molar-refractivity contribution < 1.29 is 13.2 Å². The van der Waals surface area contributed by atoms with E-state index < -0.39 is 9.84 Å². The first-order valence-corrected chi connectivity index (χ1v) is 12.3. The Morgan fingerprint density at radius 1 is 1.10 bits per heavy atom. The predicted octanol–water partition coefficient (Wildman–Crippen LogP) is 1.74. The molecule has 0 N–H and O–H groups in total. The Kier molecular flexibility index (Phi) is 6.10. The van der Waals surface area contributed by atoms with E-state index in [9.17, 15) is 13.2 Å². The van der Waals surface area contributed by atoms with Gasteiger partial charge < -0.3 is 4.90 Å². The van der Waals surface area contributed by atoms with Crippen LogP contribution in [-0.2, 0) is 14.6 Å². The molecule has 2 aromatic heterocycles. The van der Waals surface area contributed by atoms with Gasteiger partial charge in [0.15, 0.2) is 15.7 Å². The molecule has 2 aliphatic rings. The molecule has 0 aromatic carbocycles. The molecule has 4 heterocycles. The molecule has 2 fully saturated rings. The van der Waals surface area contributed by atoms with E-state index in [0.717, 1.165) is 31.5 Å². The van der Waals surface area contributed by atoms with Crippen LogP contribution in [0.5, 0.6) is 0 Å². The summed E-state index contributed by atoms with van der Waals surface area (Å²) in [5, 5.41) is 0. The van der Waals surface area contributed by atoms with Gasteiger partial charge >= 0.3 is 0 Å². The third kappa shape index (κ3) is 4.67. The van der Waals surface area contributed by atoms with Crippen LogP contribution in [0.2, 0.25) is 0 Å². The average molecular weight is 430 g/mol. The van der Waals surface area contributed by atoms with Crippen molar-refractivity contribution >= 4 is 15.7 Å². The zero-order valence-corrected chi connectivity index (χ0v) is 18.0. The molecule has 0 radical (unpaired) electrons. The highest BCUT2D eigenvalue weighted by atomic mass is 32.2. The SMILES string of the molecule is CS(=O)(=O)c1cnc(-c2ccncc2)nc1C1CCN(C(=O)CN2CCCC2)CC1. The molecule has 4 rings (SSSR count). The van der Waals surface area contributed by atoms with Gasteiger partial charge in [0.05, 0.1) is 12.2 Å². The van der Waals surface area contributed by atoms with Crippen molar-refractivity contribution in [3.63, 3.8) is 0 Å². The number of aromatic nitrogens is 3. The van der Waals surface area contributed by atoms with Crippen molar-refractivity contribution in [3.05, 3.63) is 36.4 Å². The number of carbonyl (C=O) groups excluding carboxylic acids is 1. The molecule has 160 valence electrons. The fourth-order valence-electron chi connectivity index (χ4n) is 4.24. The van der Waals surface area contributed by atoms with Crippen LogP contribution in [0.1, 0.15) is 37.3 Å². The maximum absolute atomic E-state index is 12.6. The molecule has 8 nitrogen and oxygen atoms in total. The first kappa shape index (κ1) is 20.9. The number of hydrogen-bond donors (Lipinski definition) is 0. The zero-order valence-electron chi connectivity index (χ0n) is 17.2. The number of likely N-dealkylation sites (tertiary alicyclic amines) is 2. The smallest absolute Gasteiger partial charge is 0.236 e. The van der Waals surface area contributed by atoms with E-state index in [1.807, 2.05) is 4.90 Å². The maximum Gasteiger partial charge on any atom is 0.236 e. The van der Waals surface area contributed by atoms with Crippen molar-refractivity contribution in [1.29, 1.82) is 0 Å². The molecule has 0 bridgehead atoms. The molecule has 2 saturated heterocycles. The second-order valence-corrected chi connectivity index (χ2v) is 10.1. The van der Waals surface area contributed by atoms with Gasteiger partial charge in [-0.3, -0.25) is 14.7 Å². The second kappa shape index (κ2) is 8.77. The molecule has 2 aromatic rings. The van der Waals surface area contributed by atoms with Gasteiger partial charge in [0, 0.05) is 49.4 Å². The minimum absolute atomic E-state index is 0.0193. The third-order valence-corrected chi connectivity index (χ3v) is 7.03. The van der Waals surface area contributed by atoms with Crippen LogP contribution in [0, 0.1) is 0 Å². The van der Waals surface area contributed by atoms with E-state index in [2.05, 4.69) is 19.9 Å². The molecule has 0 spiro atoms. The number of piperidine rings is 1. The number of pyridine rings is 1. The van der Waals surface area contributed by atoms with Gasteiger partial charge in [-0.1, -0.05) is 0 Å². The molecule has 0 unspecified atom stereocenters. The van der Waals surface area contributed by atoms with Gasteiger partial charge in [0.2, 0.25) is 5.91 Å². The lowest BCUT2D eigenvalue weighted by molar-refractivity contribution is -0.133. The summed E-state index contributed by atoms with van der Waals surface area (Å²) in [4.78, 5) is 29.9. The summed E-state index contributed by atoms with van der Waals surface area (Å²) in [5.41, 5.74) is 1.36. The summed E-state index contributed by atoms with van der Waals surface area (Å²) in [7, 11) is -3.45. The number of nitrogens with zero attached hydrogens (tertiary/aromatic N) is 5. The lowest BCUT2D eigenvalue weighted by atomic mass is 9.93. The largest absolute Gasteiger partial charge is 0.342 e. The van der Waals surface area contributed by atoms with Crippen molar-refractivity contribution in [2.75, 3.05) is 39.0 Å². The number of amides is 1. The van der Waals surface area contributed by atoms with E-state index in [1.165, 1.54) is 12.5 Å². The van der Waals surface area contributed by atoms with Crippen LogP contribution in [0.3, 0.4) is 0 Å². The van der Waals surface area contributed by atoms with Gasteiger partial charge in [0.25, 0.3) is 0 Å². The van der Waals surface area contributed by atoms with Crippen LogP contribution in [0.25, 0.3) is 11.4 Å². The predicted molar refractivity (Wildman–Crippen MR) is 113 cm³/mol. The monoisotopic (exact) mass is 429 g/mol. The molecule has 0 saturated carbocycles. The average Bonchev–Trinajstić information content (AvgIpc) is 3.26. The van der Waals surface area contributed by atoms with E-state index in [-0.39, 0.29) is 16.7 Å². The highest BCUT2D eigenvalue weighted by molar-refractivity contribution is 7.90. The van der Waals surface area contributed by atoms with Gasteiger partial charge in [-0.25, -0.2) is 18.4 Å². The molecule has 9 heteroatoms. The van der Waals surface area contributed by atoms with Crippen LogP contribution < -0.4 is 0 Å². The van der Waals surface area contributed by atoms with Gasteiger partial charge in [-0.15, -0.1) is 0 Å². The number of rotatable bonds is 5. The van der Waals surface area contributed by atoms with Gasteiger partial charge in [-0.2, -0.15) is 0 Å². The van der Waals surface area contributed by atoms with E-state index >= 15 is 0 Å². The summed E-state index contributed by atoms with van der Waals surface area (Å²) in [6.07, 6.45) is 9.64. The van der Waals surface area contributed by atoms with Crippen LogP contribution in [-0.4, -0.2) is 78.1 Å². The highest BCUT2D eigenvalue weighted by Gasteiger charge is 2.30. The Hall–Kier alpha value is -2.39. The Bertz CT molecular complexity index is 999. The maximum atomic E-state index is 12.6. The van der Waals surface area contributed by atoms with Crippen LogP contribution in [0.4, 0.5) is 0 Å². The molecular weight excluding hydrogens is 402 g/mol. The molecule has 30 heavy (non-hydrogen) atoms. The Balaban J connectivity index is 1.52. The van der Waals surface area contributed by atoms with Crippen molar-refractivity contribution in [1.82, 2.24) is 24.8 Å². The second-order valence-electron chi connectivity index (χ2n) is 8.09. The molecular formula is C21H27N5O3S. The lowest BCUT2D eigenvalue weighted by Crippen LogP contribution is -2.43. The zero-order chi connectivity index (χ0) is 21.1. The Labute approximate surface area is 177 Å². The number of sulfone groups is 1. The van der Waals surface area contributed by atoms with E-state index in [1.54, 1.807) is 24.5 Å². The first-order chi connectivity index (χ1) is 14.4. The van der Waals surface area contributed by atoms with Crippen LogP contribution in [0.15, 0.2) is 35.6 Å². The summed E-state index contributed by atoms with van der Waals surface area (Å²) in [6.45, 7) is 3.72. The Morgan fingerprint density at radius 2 is 1.77 bits per heavy atom. The number of carbonyl (C=O) groups is 1. The van der Waals surface area contributed by atoms with E-state index in [4.69, 9.17) is 0 Å². The highest BCUT2D eigenvalue weighted by Crippen LogP contribution is 2.32. The van der Waals surface area contributed by atoms with Crippen molar-refractivity contribution in [3.8, 4) is 11.4 Å². The lowest BCUT2D eigenvalue weighted by Gasteiger charge is -2.33. The fraction of sp³-hybridized carbons (Fsp3) is 0.524. The molecule has 1 amide bonds. The van der Waals surface area contributed by atoms with E-state index in [0.29, 0.717) is 44.0 Å². The summed E-state index contributed by atoms with van der Waals surface area (Å²) in [5.74, 6) is 0.639. The minimum atomic E-state index is -3.45. The standard InChI is InChI=1S/C21H27N5O3S/c1-30(28,29)18-14-23-21(17-4-8-22-9-5-17)24-20(18)16-6-12-26(13-7-16)19(27)15-25-10-2-3-11-25/h4-5,8-9,14,16H,2-3,6-7,10-13,15H2,1H3.